The average Bonchev–Trinajstić information content (AvgIpc) is 2.86. The molecule has 1 N–H and O–H groups in total. The highest BCUT2D eigenvalue weighted by atomic mass is 79.9. The van der Waals surface area contributed by atoms with Gasteiger partial charge < -0.3 is 10.2 Å². The molecule has 3 rings (SSSR count). The lowest BCUT2D eigenvalue weighted by Gasteiger charge is -2.39. The van der Waals surface area contributed by atoms with E-state index in [-0.39, 0.29) is 6.03 Å². The van der Waals surface area contributed by atoms with Crippen molar-refractivity contribution in [1.82, 2.24) is 20.0 Å². The summed E-state index contributed by atoms with van der Waals surface area (Å²) in [5, 5.41) is 7.18. The van der Waals surface area contributed by atoms with E-state index in [2.05, 4.69) is 26.3 Å². The van der Waals surface area contributed by atoms with Crippen LogP contribution in [0.25, 0.3) is 0 Å². The number of amides is 2. The van der Waals surface area contributed by atoms with Gasteiger partial charge in [-0.1, -0.05) is 30.3 Å². The van der Waals surface area contributed by atoms with Crippen molar-refractivity contribution in [3.05, 3.63) is 52.8 Å². The largest absolute Gasteiger partial charge is 0.334 e. The lowest BCUT2D eigenvalue weighted by molar-refractivity contribution is 0.108. The van der Waals surface area contributed by atoms with Gasteiger partial charge in [0.15, 0.2) is 0 Å². The maximum atomic E-state index is 12.0. The van der Waals surface area contributed by atoms with Gasteiger partial charge >= 0.3 is 6.03 Å². The van der Waals surface area contributed by atoms with Gasteiger partial charge in [0, 0.05) is 38.3 Å². The number of hydrogen-bond acceptors (Lipinski definition) is 2. The Morgan fingerprint density at radius 3 is 2.76 bits per heavy atom. The minimum Gasteiger partial charge on any atom is -0.334 e. The average molecular weight is 349 g/mol. The second-order valence-electron chi connectivity index (χ2n) is 5.30. The summed E-state index contributed by atoms with van der Waals surface area (Å²) in [6.07, 6.45) is 3.74. The van der Waals surface area contributed by atoms with E-state index in [0.717, 1.165) is 29.7 Å². The lowest BCUT2D eigenvalue weighted by atomic mass is 10.0. The van der Waals surface area contributed by atoms with Crippen molar-refractivity contribution in [3.63, 3.8) is 0 Å². The molecule has 110 valence electrons. The predicted octanol–water partition coefficient (Wildman–Crippen LogP) is 2.49. The maximum Gasteiger partial charge on any atom is 0.317 e. The molecule has 2 amide bonds. The molecule has 1 saturated heterocycles. The second-order valence-corrected chi connectivity index (χ2v) is 6.21. The highest BCUT2D eigenvalue weighted by molar-refractivity contribution is 9.10. The zero-order chi connectivity index (χ0) is 14.7. The summed E-state index contributed by atoms with van der Waals surface area (Å²) in [6.45, 7) is 3.01. The first-order valence-corrected chi connectivity index (χ1v) is 7.74. The van der Waals surface area contributed by atoms with Gasteiger partial charge in [-0.2, -0.15) is 5.10 Å². The third-order valence-electron chi connectivity index (χ3n) is 3.58. The van der Waals surface area contributed by atoms with E-state index in [1.807, 2.05) is 46.1 Å². The van der Waals surface area contributed by atoms with Gasteiger partial charge in [0.1, 0.15) is 0 Å². The Balaban J connectivity index is 1.40. The number of halogens is 1. The molecule has 0 unspecified atom stereocenters. The smallest absolute Gasteiger partial charge is 0.317 e. The molecule has 1 fully saturated rings. The Kier molecular flexibility index (Phi) is 4.24. The summed E-state index contributed by atoms with van der Waals surface area (Å²) in [5.41, 5.74) is 1.12. The Morgan fingerprint density at radius 2 is 2.10 bits per heavy atom. The highest BCUT2D eigenvalue weighted by Crippen LogP contribution is 2.18. The van der Waals surface area contributed by atoms with Crippen LogP contribution < -0.4 is 5.32 Å². The van der Waals surface area contributed by atoms with Crippen LogP contribution in [-0.2, 0) is 13.1 Å². The quantitative estimate of drug-likeness (QED) is 0.922. The fraction of sp³-hybridized carbons (Fsp3) is 0.333. The minimum atomic E-state index is 0.0109. The van der Waals surface area contributed by atoms with Crippen molar-refractivity contribution in [2.24, 2.45) is 5.92 Å². The van der Waals surface area contributed by atoms with Crippen LogP contribution in [0, 0.1) is 5.92 Å². The molecular formula is C15H17BrN4O. The van der Waals surface area contributed by atoms with Gasteiger partial charge in [-0.05, 0) is 21.5 Å². The van der Waals surface area contributed by atoms with Crippen molar-refractivity contribution >= 4 is 22.0 Å². The molecule has 6 heteroatoms. The molecular weight excluding hydrogens is 332 g/mol. The van der Waals surface area contributed by atoms with E-state index < -0.39 is 0 Å². The summed E-state index contributed by atoms with van der Waals surface area (Å²) >= 11 is 3.38. The molecule has 2 heterocycles. The van der Waals surface area contributed by atoms with E-state index in [4.69, 9.17) is 0 Å². The van der Waals surface area contributed by atoms with Crippen molar-refractivity contribution < 1.29 is 4.79 Å². The molecule has 1 aliphatic heterocycles. The van der Waals surface area contributed by atoms with Gasteiger partial charge in [-0.15, -0.1) is 0 Å². The summed E-state index contributed by atoms with van der Waals surface area (Å²) < 4.78 is 2.90. The van der Waals surface area contributed by atoms with Gasteiger partial charge in [0.05, 0.1) is 10.7 Å². The lowest BCUT2D eigenvalue weighted by Crippen LogP contribution is -2.54. The number of urea groups is 1. The molecule has 0 radical (unpaired) electrons. The van der Waals surface area contributed by atoms with E-state index in [0.29, 0.717) is 12.5 Å². The van der Waals surface area contributed by atoms with Crippen molar-refractivity contribution in [2.75, 3.05) is 13.1 Å². The van der Waals surface area contributed by atoms with Crippen molar-refractivity contribution in [2.45, 2.75) is 13.1 Å². The molecule has 1 aromatic heterocycles. The highest BCUT2D eigenvalue weighted by Gasteiger charge is 2.30. The first-order valence-electron chi connectivity index (χ1n) is 6.95. The molecule has 0 bridgehead atoms. The molecule has 0 aliphatic carbocycles. The number of carbonyl (C=O) groups excluding carboxylic acids is 1. The van der Waals surface area contributed by atoms with E-state index >= 15 is 0 Å². The van der Waals surface area contributed by atoms with Crippen molar-refractivity contribution in [1.29, 1.82) is 0 Å². The number of rotatable bonds is 4. The molecule has 0 saturated carbocycles. The summed E-state index contributed by atoms with van der Waals surface area (Å²) in [7, 11) is 0. The third-order valence-corrected chi connectivity index (χ3v) is 3.99. The maximum absolute atomic E-state index is 12.0. The van der Waals surface area contributed by atoms with Gasteiger partial charge in [0.25, 0.3) is 0 Å². The number of aromatic nitrogens is 2. The number of carbonyl (C=O) groups is 1. The molecule has 1 aliphatic rings. The third kappa shape index (κ3) is 3.64. The van der Waals surface area contributed by atoms with Crippen molar-refractivity contribution in [3.8, 4) is 0 Å². The Labute approximate surface area is 132 Å². The Hall–Kier alpha value is -1.82. The van der Waals surface area contributed by atoms with Gasteiger partial charge in [-0.3, -0.25) is 4.68 Å². The predicted molar refractivity (Wildman–Crippen MR) is 83.7 cm³/mol. The fourth-order valence-electron chi connectivity index (χ4n) is 2.44. The molecule has 1 aromatic carbocycles. The monoisotopic (exact) mass is 348 g/mol. The zero-order valence-corrected chi connectivity index (χ0v) is 13.2. The number of nitrogens with zero attached hydrogens (tertiary/aromatic N) is 3. The summed E-state index contributed by atoms with van der Waals surface area (Å²) in [4.78, 5) is 13.8. The van der Waals surface area contributed by atoms with E-state index in [1.165, 1.54) is 0 Å². The first-order chi connectivity index (χ1) is 10.2. The van der Waals surface area contributed by atoms with E-state index in [1.54, 1.807) is 6.20 Å². The van der Waals surface area contributed by atoms with Crippen LogP contribution in [0.15, 0.2) is 47.2 Å². The van der Waals surface area contributed by atoms with Crippen LogP contribution in [0.3, 0.4) is 0 Å². The van der Waals surface area contributed by atoms with Crippen LogP contribution in [0.2, 0.25) is 0 Å². The van der Waals surface area contributed by atoms with Crippen LogP contribution in [0.5, 0.6) is 0 Å². The SMILES string of the molecule is O=C(NCc1ccccc1)N1CC(Cn2cc(Br)cn2)C1. The van der Waals surface area contributed by atoms with Crippen LogP contribution in [0.4, 0.5) is 4.79 Å². The topological polar surface area (TPSA) is 50.2 Å². The number of likely N-dealkylation sites (tertiary alicyclic amines) is 1. The number of nitrogens with one attached hydrogen (secondary N) is 1. The minimum absolute atomic E-state index is 0.0109. The van der Waals surface area contributed by atoms with Crippen LogP contribution in [0.1, 0.15) is 5.56 Å². The van der Waals surface area contributed by atoms with Crippen LogP contribution in [-0.4, -0.2) is 33.8 Å². The number of benzene rings is 1. The van der Waals surface area contributed by atoms with Gasteiger partial charge in [-0.25, -0.2) is 4.79 Å². The summed E-state index contributed by atoms with van der Waals surface area (Å²) in [5.74, 6) is 0.485. The standard InChI is InChI=1S/C15H17BrN4O/c16-14-7-18-20(11-14)10-13-8-19(9-13)15(21)17-6-12-4-2-1-3-5-12/h1-5,7,11,13H,6,8-10H2,(H,17,21). The number of hydrogen-bond donors (Lipinski definition) is 1. The molecule has 21 heavy (non-hydrogen) atoms. The van der Waals surface area contributed by atoms with E-state index in [9.17, 15) is 4.79 Å². The zero-order valence-electron chi connectivity index (χ0n) is 11.6. The summed E-state index contributed by atoms with van der Waals surface area (Å²) in [6, 6.07) is 9.95. The van der Waals surface area contributed by atoms with Crippen LogP contribution >= 0.6 is 15.9 Å². The molecule has 5 nitrogen and oxygen atoms in total. The van der Waals surface area contributed by atoms with Gasteiger partial charge in [0.2, 0.25) is 0 Å². The Bertz CT molecular complexity index is 607. The molecule has 0 atom stereocenters. The fourth-order valence-corrected chi connectivity index (χ4v) is 2.77. The Morgan fingerprint density at radius 1 is 1.33 bits per heavy atom. The first kappa shape index (κ1) is 14.1. The molecule has 0 spiro atoms. The normalized spacial score (nSPS) is 14.8. The second kappa shape index (κ2) is 6.30. The molecule has 2 aromatic rings.